The minimum absolute atomic E-state index is 0.563. The molecule has 1 fully saturated rings. The van der Waals surface area contributed by atoms with Gasteiger partial charge in [-0.05, 0) is 50.8 Å². The molecule has 1 saturated carbocycles. The van der Waals surface area contributed by atoms with Crippen LogP contribution in [0.25, 0.3) is 0 Å². The van der Waals surface area contributed by atoms with Gasteiger partial charge in [0, 0.05) is 17.2 Å². The Labute approximate surface area is 118 Å². The topological polar surface area (TPSA) is 45.1 Å². The summed E-state index contributed by atoms with van der Waals surface area (Å²) in [5.41, 5.74) is -0.563. The number of hydrogen-bond donors (Lipinski definition) is 2. The lowest BCUT2D eigenvalue weighted by molar-refractivity contribution is 0.0166. The summed E-state index contributed by atoms with van der Waals surface area (Å²) in [6.07, 6.45) is 6.99. The van der Waals surface area contributed by atoms with Crippen LogP contribution < -0.4 is 5.32 Å². The molecule has 1 aliphatic rings. The van der Waals surface area contributed by atoms with Gasteiger partial charge in [-0.25, -0.2) is 4.98 Å². The first-order valence-corrected chi connectivity index (χ1v) is 7.45. The second-order valence-electron chi connectivity index (χ2n) is 4.62. The van der Waals surface area contributed by atoms with E-state index in [1.165, 1.54) is 6.42 Å². The van der Waals surface area contributed by atoms with Crippen LogP contribution in [0.3, 0.4) is 0 Å². The van der Waals surface area contributed by atoms with E-state index in [2.05, 4.69) is 42.2 Å². The summed E-state index contributed by atoms with van der Waals surface area (Å²) in [6.45, 7) is 0.570. The third-order valence-corrected chi connectivity index (χ3v) is 4.22. The molecule has 0 bridgehead atoms. The van der Waals surface area contributed by atoms with Crippen molar-refractivity contribution in [3.05, 3.63) is 21.2 Å². The van der Waals surface area contributed by atoms with Gasteiger partial charge in [-0.1, -0.05) is 19.3 Å². The first kappa shape index (κ1) is 13.3. The number of nitrogens with zero attached hydrogens (tertiary/aromatic N) is 1. The van der Waals surface area contributed by atoms with Gasteiger partial charge in [0.2, 0.25) is 0 Å². The monoisotopic (exact) mass is 362 g/mol. The van der Waals surface area contributed by atoms with Crippen LogP contribution in [0.1, 0.15) is 32.1 Å². The summed E-state index contributed by atoms with van der Waals surface area (Å²) in [5.74, 6) is 0.784. The molecule has 0 aromatic carbocycles. The van der Waals surface area contributed by atoms with E-state index in [0.29, 0.717) is 6.54 Å². The third-order valence-electron chi connectivity index (χ3n) is 3.18. The molecule has 2 rings (SSSR count). The predicted molar refractivity (Wildman–Crippen MR) is 76.2 cm³/mol. The number of pyridine rings is 1. The lowest BCUT2D eigenvalue weighted by atomic mass is 9.85. The van der Waals surface area contributed by atoms with Crippen molar-refractivity contribution in [2.75, 3.05) is 11.9 Å². The normalized spacial score (nSPS) is 19.0. The number of anilines is 1. The highest BCUT2D eigenvalue weighted by atomic mass is 79.9. The van der Waals surface area contributed by atoms with E-state index in [9.17, 15) is 5.11 Å². The van der Waals surface area contributed by atoms with E-state index in [1.54, 1.807) is 6.20 Å². The second-order valence-corrected chi connectivity index (χ2v) is 6.39. The summed E-state index contributed by atoms with van der Waals surface area (Å²) < 4.78 is 1.84. The van der Waals surface area contributed by atoms with Crippen molar-refractivity contribution in [1.82, 2.24) is 4.98 Å². The smallest absolute Gasteiger partial charge is 0.140 e. The molecule has 94 valence electrons. The van der Waals surface area contributed by atoms with Crippen LogP contribution in [-0.4, -0.2) is 22.2 Å². The fraction of sp³-hybridized carbons (Fsp3) is 0.583. The maximum atomic E-state index is 10.4. The summed E-state index contributed by atoms with van der Waals surface area (Å²) >= 11 is 6.82. The highest BCUT2D eigenvalue weighted by Gasteiger charge is 2.28. The summed E-state index contributed by atoms with van der Waals surface area (Å²) in [6, 6.07) is 1.94. The molecule has 1 aromatic heterocycles. The van der Waals surface area contributed by atoms with Gasteiger partial charge in [-0.15, -0.1) is 0 Å². The summed E-state index contributed by atoms with van der Waals surface area (Å²) in [7, 11) is 0. The molecule has 0 amide bonds. The molecule has 1 heterocycles. The first-order chi connectivity index (χ1) is 8.09. The Morgan fingerprint density at radius 3 is 2.65 bits per heavy atom. The molecule has 1 aliphatic carbocycles. The minimum Gasteiger partial charge on any atom is -0.388 e. The Morgan fingerprint density at radius 1 is 1.29 bits per heavy atom. The molecule has 0 atom stereocenters. The minimum atomic E-state index is -0.563. The van der Waals surface area contributed by atoms with Gasteiger partial charge in [-0.3, -0.25) is 0 Å². The Hall–Kier alpha value is -0.130. The molecule has 2 N–H and O–H groups in total. The van der Waals surface area contributed by atoms with Crippen LogP contribution in [-0.2, 0) is 0 Å². The molecule has 3 nitrogen and oxygen atoms in total. The van der Waals surface area contributed by atoms with E-state index in [4.69, 9.17) is 0 Å². The molecular formula is C12H16Br2N2O. The van der Waals surface area contributed by atoms with Crippen molar-refractivity contribution >= 4 is 37.7 Å². The van der Waals surface area contributed by atoms with E-state index in [-0.39, 0.29) is 0 Å². The standard InChI is InChI=1S/C12H16Br2N2O/c13-9-6-10(14)11(15-7-9)16-8-12(17)4-2-1-3-5-12/h6-7,17H,1-5,8H2,(H,15,16). The fourth-order valence-corrected chi connectivity index (χ4v) is 3.31. The number of hydrogen-bond acceptors (Lipinski definition) is 3. The Kier molecular flexibility index (Phi) is 4.44. The van der Waals surface area contributed by atoms with Crippen molar-refractivity contribution in [3.8, 4) is 0 Å². The van der Waals surface area contributed by atoms with Crippen LogP contribution in [0.4, 0.5) is 5.82 Å². The molecule has 0 saturated heterocycles. The predicted octanol–water partition coefficient (Wildman–Crippen LogP) is 3.71. The van der Waals surface area contributed by atoms with Crippen molar-refractivity contribution < 1.29 is 5.11 Å². The zero-order chi connectivity index (χ0) is 12.3. The highest BCUT2D eigenvalue weighted by Crippen LogP contribution is 2.29. The summed E-state index contributed by atoms with van der Waals surface area (Å²) in [5, 5.41) is 13.6. The first-order valence-electron chi connectivity index (χ1n) is 5.86. The molecule has 0 spiro atoms. The molecule has 0 unspecified atom stereocenters. The Morgan fingerprint density at radius 2 is 2.00 bits per heavy atom. The van der Waals surface area contributed by atoms with Crippen molar-refractivity contribution in [2.24, 2.45) is 0 Å². The third kappa shape index (κ3) is 3.66. The number of aromatic nitrogens is 1. The number of halogens is 2. The molecule has 17 heavy (non-hydrogen) atoms. The summed E-state index contributed by atoms with van der Waals surface area (Å²) in [4.78, 5) is 4.28. The number of nitrogens with one attached hydrogen (secondary N) is 1. The van der Waals surface area contributed by atoms with Crippen molar-refractivity contribution in [1.29, 1.82) is 0 Å². The zero-order valence-electron chi connectivity index (χ0n) is 9.55. The molecule has 1 aromatic rings. The highest BCUT2D eigenvalue weighted by molar-refractivity contribution is 9.11. The maximum absolute atomic E-state index is 10.4. The largest absolute Gasteiger partial charge is 0.388 e. The van der Waals surface area contributed by atoms with Crippen molar-refractivity contribution in [2.45, 2.75) is 37.7 Å². The van der Waals surface area contributed by atoms with Crippen LogP contribution in [0, 0.1) is 0 Å². The van der Waals surface area contributed by atoms with Crippen LogP contribution in [0.2, 0.25) is 0 Å². The van der Waals surface area contributed by atoms with E-state index in [1.807, 2.05) is 6.07 Å². The van der Waals surface area contributed by atoms with Gasteiger partial charge >= 0.3 is 0 Å². The average Bonchev–Trinajstić information content (AvgIpc) is 2.29. The zero-order valence-corrected chi connectivity index (χ0v) is 12.7. The van der Waals surface area contributed by atoms with Crippen LogP contribution in [0.5, 0.6) is 0 Å². The molecule has 0 aliphatic heterocycles. The quantitative estimate of drug-likeness (QED) is 0.860. The van der Waals surface area contributed by atoms with Gasteiger partial charge in [0.05, 0.1) is 10.1 Å². The molecule has 0 radical (unpaired) electrons. The Balaban J connectivity index is 1.97. The van der Waals surface area contributed by atoms with Crippen molar-refractivity contribution in [3.63, 3.8) is 0 Å². The van der Waals surface area contributed by atoms with Crippen LogP contribution in [0.15, 0.2) is 21.2 Å². The van der Waals surface area contributed by atoms with E-state index in [0.717, 1.165) is 40.4 Å². The lowest BCUT2D eigenvalue weighted by Crippen LogP contribution is -2.39. The lowest BCUT2D eigenvalue weighted by Gasteiger charge is -2.32. The van der Waals surface area contributed by atoms with Gasteiger partial charge in [-0.2, -0.15) is 0 Å². The average molecular weight is 364 g/mol. The molecular weight excluding hydrogens is 348 g/mol. The second kappa shape index (κ2) is 5.67. The van der Waals surface area contributed by atoms with E-state index >= 15 is 0 Å². The number of aliphatic hydroxyl groups is 1. The van der Waals surface area contributed by atoms with Gasteiger partial charge in [0.15, 0.2) is 0 Å². The molecule has 5 heteroatoms. The fourth-order valence-electron chi connectivity index (χ4n) is 2.18. The van der Waals surface area contributed by atoms with E-state index < -0.39 is 5.60 Å². The van der Waals surface area contributed by atoms with Gasteiger partial charge in [0.1, 0.15) is 5.82 Å². The SMILES string of the molecule is OC1(CNc2ncc(Br)cc2Br)CCCCC1. The van der Waals surface area contributed by atoms with Crippen LogP contribution >= 0.6 is 31.9 Å². The van der Waals surface area contributed by atoms with Gasteiger partial charge < -0.3 is 10.4 Å². The van der Waals surface area contributed by atoms with Gasteiger partial charge in [0.25, 0.3) is 0 Å². The Bertz CT molecular complexity index is 392. The number of rotatable bonds is 3. The maximum Gasteiger partial charge on any atom is 0.140 e.